The maximum absolute atomic E-state index is 13.1. The number of rotatable bonds is 3. The lowest BCUT2D eigenvalue weighted by molar-refractivity contribution is -0.141. The summed E-state index contributed by atoms with van der Waals surface area (Å²) in [4.78, 5) is 10.4. The number of halogens is 3. The van der Waals surface area contributed by atoms with Gasteiger partial charge in [0.2, 0.25) is 0 Å². The molecule has 1 saturated heterocycles. The molecule has 1 aliphatic heterocycles. The molecule has 1 N–H and O–H groups in total. The van der Waals surface area contributed by atoms with Crippen molar-refractivity contribution in [3.05, 3.63) is 33.8 Å². The van der Waals surface area contributed by atoms with E-state index in [1.54, 1.807) is 13.1 Å². The van der Waals surface area contributed by atoms with Crippen LogP contribution in [0.5, 0.6) is 0 Å². The molecule has 3 rings (SSSR count). The minimum Gasteiger partial charge on any atom is -0.337 e. The predicted molar refractivity (Wildman–Crippen MR) is 81.1 cm³/mol. The van der Waals surface area contributed by atoms with Gasteiger partial charge in [-0.1, -0.05) is 0 Å². The van der Waals surface area contributed by atoms with Crippen LogP contribution < -0.4 is 5.32 Å². The monoisotopic (exact) mass is 345 g/mol. The van der Waals surface area contributed by atoms with E-state index in [1.165, 1.54) is 0 Å². The van der Waals surface area contributed by atoms with Crippen LogP contribution in [-0.2, 0) is 19.8 Å². The summed E-state index contributed by atoms with van der Waals surface area (Å²) in [5, 5.41) is 3.73. The zero-order valence-electron chi connectivity index (χ0n) is 12.9. The van der Waals surface area contributed by atoms with E-state index in [0.29, 0.717) is 18.1 Å². The smallest absolute Gasteiger partial charge is 0.337 e. The zero-order valence-corrected chi connectivity index (χ0v) is 13.7. The highest BCUT2D eigenvalue weighted by Crippen LogP contribution is 2.36. The van der Waals surface area contributed by atoms with E-state index in [0.717, 1.165) is 23.7 Å². The van der Waals surface area contributed by atoms with Crippen molar-refractivity contribution in [1.82, 2.24) is 24.8 Å². The number of hydrogen-bond acceptors (Lipinski definition) is 5. The third-order valence-corrected chi connectivity index (χ3v) is 4.89. The van der Waals surface area contributed by atoms with Crippen LogP contribution >= 0.6 is 11.3 Å². The van der Waals surface area contributed by atoms with Crippen molar-refractivity contribution in [2.75, 3.05) is 19.6 Å². The topological polar surface area (TPSA) is 46.0 Å². The number of nitrogens with zero attached hydrogens (tertiary/aromatic N) is 4. The Hall–Kier alpha value is -1.45. The third-order valence-electron chi connectivity index (χ3n) is 3.93. The molecule has 0 saturated carbocycles. The van der Waals surface area contributed by atoms with Gasteiger partial charge in [-0.15, -0.1) is 11.3 Å². The van der Waals surface area contributed by atoms with Gasteiger partial charge < -0.3 is 9.88 Å². The van der Waals surface area contributed by atoms with Crippen molar-refractivity contribution in [1.29, 1.82) is 0 Å². The molecule has 0 radical (unpaired) electrons. The van der Waals surface area contributed by atoms with Gasteiger partial charge in [0.05, 0.1) is 15.9 Å². The van der Waals surface area contributed by atoms with Gasteiger partial charge in [0, 0.05) is 45.6 Å². The van der Waals surface area contributed by atoms with Crippen LogP contribution in [-0.4, -0.2) is 39.1 Å². The van der Waals surface area contributed by atoms with Gasteiger partial charge in [0.25, 0.3) is 0 Å². The first-order valence-corrected chi connectivity index (χ1v) is 8.13. The molecular formula is C14H18F3N5S. The molecule has 3 heterocycles. The summed E-state index contributed by atoms with van der Waals surface area (Å²) in [6.07, 6.45) is -0.854. The molecule has 9 heteroatoms. The van der Waals surface area contributed by atoms with E-state index < -0.39 is 11.9 Å². The van der Waals surface area contributed by atoms with Crippen molar-refractivity contribution in [3.63, 3.8) is 0 Å². The quantitative estimate of drug-likeness (QED) is 0.928. The lowest BCUT2D eigenvalue weighted by Gasteiger charge is -2.35. The van der Waals surface area contributed by atoms with Crippen molar-refractivity contribution in [2.45, 2.75) is 25.7 Å². The van der Waals surface area contributed by atoms with Crippen LogP contribution in [0, 0.1) is 6.92 Å². The van der Waals surface area contributed by atoms with Crippen LogP contribution in [0.1, 0.15) is 27.4 Å². The molecule has 1 fully saturated rings. The van der Waals surface area contributed by atoms with Crippen LogP contribution in [0.2, 0.25) is 0 Å². The number of hydrogen-bond donors (Lipinski definition) is 1. The molecule has 1 atom stereocenters. The molecule has 1 unspecified atom stereocenters. The average molecular weight is 345 g/mol. The van der Waals surface area contributed by atoms with Crippen molar-refractivity contribution >= 4 is 11.3 Å². The number of aromatic nitrogens is 3. The zero-order chi connectivity index (χ0) is 16.6. The molecule has 126 valence electrons. The predicted octanol–water partition coefficient (Wildman–Crippen LogP) is 2.35. The van der Waals surface area contributed by atoms with E-state index in [2.05, 4.69) is 15.3 Å². The van der Waals surface area contributed by atoms with Crippen molar-refractivity contribution < 1.29 is 13.2 Å². The Morgan fingerprint density at radius 3 is 2.87 bits per heavy atom. The Bertz CT molecular complexity index is 678. The van der Waals surface area contributed by atoms with Gasteiger partial charge in [-0.05, 0) is 6.92 Å². The maximum atomic E-state index is 13.1. The Labute approximate surface area is 136 Å². The Morgan fingerprint density at radius 1 is 1.43 bits per heavy atom. The lowest BCUT2D eigenvalue weighted by atomic mass is 10.1. The Balaban J connectivity index is 1.87. The third kappa shape index (κ3) is 3.41. The first-order valence-electron chi connectivity index (χ1n) is 7.31. The molecule has 2 aromatic heterocycles. The molecule has 5 nitrogen and oxygen atoms in total. The van der Waals surface area contributed by atoms with E-state index >= 15 is 0 Å². The van der Waals surface area contributed by atoms with Gasteiger partial charge in [-0.2, -0.15) is 13.2 Å². The molecular weight excluding hydrogens is 327 g/mol. The standard InChI is InChI=1S/C14H18F3N5S/c1-9-20-12(14(15,16)17)11(23-9)8-22-6-3-18-7-10(22)13-19-4-5-21(13)2/h4-5,10,18H,3,6-8H2,1-2H3. The molecule has 0 aliphatic carbocycles. The molecule has 2 aromatic rings. The number of piperazine rings is 1. The fraction of sp³-hybridized carbons (Fsp3) is 0.571. The van der Waals surface area contributed by atoms with E-state index in [-0.39, 0.29) is 17.5 Å². The summed E-state index contributed by atoms with van der Waals surface area (Å²) >= 11 is 1.12. The molecule has 23 heavy (non-hydrogen) atoms. The molecule has 0 bridgehead atoms. The van der Waals surface area contributed by atoms with Crippen LogP contribution in [0.3, 0.4) is 0 Å². The van der Waals surface area contributed by atoms with Gasteiger partial charge in [0.1, 0.15) is 5.82 Å². The fourth-order valence-corrected chi connectivity index (χ4v) is 3.85. The van der Waals surface area contributed by atoms with Crippen molar-refractivity contribution in [3.8, 4) is 0 Å². The summed E-state index contributed by atoms with van der Waals surface area (Å²) in [5.41, 5.74) is -0.753. The first kappa shape index (κ1) is 16.4. The van der Waals surface area contributed by atoms with Crippen LogP contribution in [0.4, 0.5) is 13.2 Å². The normalized spacial score (nSPS) is 20.1. The number of nitrogens with one attached hydrogen (secondary N) is 1. The molecule has 0 amide bonds. The summed E-state index contributed by atoms with van der Waals surface area (Å²) in [7, 11) is 1.90. The van der Waals surface area contributed by atoms with Gasteiger partial charge in [-0.25, -0.2) is 9.97 Å². The maximum Gasteiger partial charge on any atom is 0.434 e. The van der Waals surface area contributed by atoms with E-state index in [4.69, 9.17) is 0 Å². The Kier molecular flexibility index (Phi) is 4.43. The second kappa shape index (κ2) is 6.21. The summed E-state index contributed by atoms with van der Waals surface area (Å²) < 4.78 is 41.4. The largest absolute Gasteiger partial charge is 0.434 e. The van der Waals surface area contributed by atoms with E-state index in [1.807, 2.05) is 22.7 Å². The number of thiazole rings is 1. The number of aryl methyl sites for hydroxylation is 2. The Morgan fingerprint density at radius 2 is 2.22 bits per heavy atom. The minimum absolute atomic E-state index is 0.0489. The number of imidazole rings is 1. The molecule has 1 aliphatic rings. The van der Waals surface area contributed by atoms with Crippen molar-refractivity contribution in [2.24, 2.45) is 7.05 Å². The van der Waals surface area contributed by atoms with Gasteiger partial charge in [-0.3, -0.25) is 4.90 Å². The summed E-state index contributed by atoms with van der Waals surface area (Å²) in [5.74, 6) is 0.854. The highest BCUT2D eigenvalue weighted by Gasteiger charge is 2.38. The average Bonchev–Trinajstić information content (AvgIpc) is 3.05. The lowest BCUT2D eigenvalue weighted by Crippen LogP contribution is -2.46. The second-order valence-electron chi connectivity index (χ2n) is 5.59. The molecule has 0 aromatic carbocycles. The second-order valence-corrected chi connectivity index (χ2v) is 6.88. The van der Waals surface area contributed by atoms with Gasteiger partial charge >= 0.3 is 6.18 Å². The summed E-state index contributed by atoms with van der Waals surface area (Å²) in [6.45, 7) is 3.94. The first-order chi connectivity index (χ1) is 10.9. The molecule has 0 spiro atoms. The highest BCUT2D eigenvalue weighted by molar-refractivity contribution is 7.11. The number of alkyl halides is 3. The highest BCUT2D eigenvalue weighted by atomic mass is 32.1. The van der Waals surface area contributed by atoms with Crippen LogP contribution in [0.25, 0.3) is 0 Å². The summed E-state index contributed by atoms with van der Waals surface area (Å²) in [6, 6.07) is -0.0489. The van der Waals surface area contributed by atoms with Crippen LogP contribution in [0.15, 0.2) is 12.4 Å². The fourth-order valence-electron chi connectivity index (χ4n) is 2.87. The van der Waals surface area contributed by atoms with Gasteiger partial charge in [0.15, 0.2) is 5.69 Å². The SMILES string of the molecule is Cc1nc(C(F)(F)F)c(CN2CCNCC2c2nccn2C)s1. The van der Waals surface area contributed by atoms with E-state index in [9.17, 15) is 13.2 Å². The minimum atomic E-state index is -4.41.